The summed E-state index contributed by atoms with van der Waals surface area (Å²) >= 11 is 0. The fraction of sp³-hybridized carbons (Fsp3) is 0.467. The average Bonchev–Trinajstić information content (AvgIpc) is 2.89. The van der Waals surface area contributed by atoms with Crippen LogP contribution in [0, 0.1) is 11.8 Å². The first-order valence-electron chi connectivity index (χ1n) is 6.89. The van der Waals surface area contributed by atoms with E-state index in [1.807, 2.05) is 31.3 Å². The minimum Gasteiger partial charge on any atom is -0.481 e. The first kappa shape index (κ1) is 14.5. The van der Waals surface area contributed by atoms with E-state index in [0.717, 1.165) is 24.2 Å². The van der Waals surface area contributed by atoms with E-state index >= 15 is 0 Å². The third-order valence-electron chi connectivity index (χ3n) is 3.75. The lowest BCUT2D eigenvalue weighted by Crippen LogP contribution is -2.30. The number of hydrogen-bond acceptors (Lipinski definition) is 3. The van der Waals surface area contributed by atoms with Gasteiger partial charge in [-0.05, 0) is 37.6 Å². The predicted molar refractivity (Wildman–Crippen MR) is 76.3 cm³/mol. The Morgan fingerprint density at radius 2 is 2.05 bits per heavy atom. The smallest absolute Gasteiger partial charge is 0.307 e. The molecule has 0 radical (unpaired) electrons. The summed E-state index contributed by atoms with van der Waals surface area (Å²) in [5, 5.41) is 15.0. The van der Waals surface area contributed by atoms with Gasteiger partial charge in [0.1, 0.15) is 0 Å². The van der Waals surface area contributed by atoms with Crippen molar-refractivity contribution in [2.45, 2.75) is 25.8 Å². The van der Waals surface area contributed by atoms with Gasteiger partial charge in [-0.25, -0.2) is 0 Å². The molecule has 2 rings (SSSR count). The van der Waals surface area contributed by atoms with Crippen LogP contribution in [0.4, 0.5) is 5.69 Å². The van der Waals surface area contributed by atoms with Crippen LogP contribution in [0.3, 0.4) is 0 Å². The Morgan fingerprint density at radius 3 is 2.75 bits per heavy atom. The van der Waals surface area contributed by atoms with E-state index in [4.69, 9.17) is 5.11 Å². The molecule has 0 saturated heterocycles. The molecule has 2 atom stereocenters. The number of carboxylic acids is 1. The van der Waals surface area contributed by atoms with Crippen LogP contribution in [0.15, 0.2) is 24.3 Å². The highest BCUT2D eigenvalue weighted by Crippen LogP contribution is 2.32. The van der Waals surface area contributed by atoms with Crippen LogP contribution in [0.2, 0.25) is 0 Å². The Balaban J connectivity index is 2.04. The zero-order valence-electron chi connectivity index (χ0n) is 11.6. The molecule has 1 amide bonds. The molecule has 0 heterocycles. The van der Waals surface area contributed by atoms with Gasteiger partial charge in [0.25, 0.3) is 0 Å². The number of nitrogens with one attached hydrogen (secondary N) is 2. The van der Waals surface area contributed by atoms with E-state index in [2.05, 4.69) is 10.6 Å². The van der Waals surface area contributed by atoms with Crippen LogP contribution >= 0.6 is 0 Å². The van der Waals surface area contributed by atoms with Crippen molar-refractivity contribution in [3.63, 3.8) is 0 Å². The second-order valence-electron chi connectivity index (χ2n) is 5.20. The van der Waals surface area contributed by atoms with E-state index in [1.54, 1.807) is 0 Å². The van der Waals surface area contributed by atoms with E-state index in [-0.39, 0.29) is 5.91 Å². The van der Waals surface area contributed by atoms with Gasteiger partial charge < -0.3 is 15.7 Å². The van der Waals surface area contributed by atoms with Gasteiger partial charge >= 0.3 is 5.97 Å². The Labute approximate surface area is 118 Å². The molecule has 1 saturated carbocycles. The van der Waals surface area contributed by atoms with Crippen molar-refractivity contribution in [1.29, 1.82) is 0 Å². The van der Waals surface area contributed by atoms with Gasteiger partial charge in [0, 0.05) is 12.2 Å². The summed E-state index contributed by atoms with van der Waals surface area (Å²) in [6, 6.07) is 7.58. The molecule has 0 aromatic heterocycles. The highest BCUT2D eigenvalue weighted by atomic mass is 16.4. The molecular weight excluding hydrogens is 256 g/mol. The van der Waals surface area contributed by atoms with Crippen molar-refractivity contribution in [2.75, 3.05) is 12.4 Å². The van der Waals surface area contributed by atoms with Crippen LogP contribution in [0.5, 0.6) is 0 Å². The van der Waals surface area contributed by atoms with Crippen molar-refractivity contribution in [1.82, 2.24) is 5.32 Å². The van der Waals surface area contributed by atoms with Gasteiger partial charge in [-0.2, -0.15) is 0 Å². The molecular formula is C15H20N2O3. The molecule has 5 heteroatoms. The molecule has 0 bridgehead atoms. The maximum atomic E-state index is 12.2. The standard InChI is InChI=1S/C15H20N2O3/c1-16-9-10-4-2-5-11(8-10)17-14(18)12-6-3-7-13(12)15(19)20/h2,4-5,8,12-13,16H,3,6-7,9H2,1H3,(H,17,18)(H,19,20). The molecule has 1 aliphatic rings. The predicted octanol–water partition coefficient (Wildman–Crippen LogP) is 1.85. The molecule has 0 aliphatic heterocycles. The molecule has 1 aromatic carbocycles. The molecule has 2 unspecified atom stereocenters. The van der Waals surface area contributed by atoms with Crippen LogP contribution < -0.4 is 10.6 Å². The Morgan fingerprint density at radius 1 is 1.30 bits per heavy atom. The molecule has 5 nitrogen and oxygen atoms in total. The van der Waals surface area contributed by atoms with E-state index in [0.29, 0.717) is 12.8 Å². The number of carbonyl (C=O) groups excluding carboxylic acids is 1. The molecule has 20 heavy (non-hydrogen) atoms. The first-order chi connectivity index (χ1) is 9.61. The van der Waals surface area contributed by atoms with Crippen molar-refractivity contribution in [3.8, 4) is 0 Å². The Kier molecular flexibility index (Phi) is 4.74. The lowest BCUT2D eigenvalue weighted by molar-refractivity contribution is -0.145. The second kappa shape index (κ2) is 6.52. The summed E-state index contributed by atoms with van der Waals surface area (Å²) in [6.07, 6.45) is 2.04. The monoisotopic (exact) mass is 276 g/mol. The quantitative estimate of drug-likeness (QED) is 0.767. The number of aliphatic carboxylic acids is 1. The molecule has 3 N–H and O–H groups in total. The van der Waals surface area contributed by atoms with E-state index < -0.39 is 17.8 Å². The SMILES string of the molecule is CNCc1cccc(NC(=O)C2CCCC2C(=O)O)c1. The van der Waals surface area contributed by atoms with Crippen LogP contribution in [0.25, 0.3) is 0 Å². The molecule has 1 aromatic rings. The zero-order chi connectivity index (χ0) is 14.5. The zero-order valence-corrected chi connectivity index (χ0v) is 11.6. The van der Waals surface area contributed by atoms with Gasteiger partial charge in [-0.3, -0.25) is 9.59 Å². The number of benzene rings is 1. The lowest BCUT2D eigenvalue weighted by Gasteiger charge is -2.16. The fourth-order valence-corrected chi connectivity index (χ4v) is 2.77. The largest absolute Gasteiger partial charge is 0.481 e. The number of rotatable bonds is 5. The maximum absolute atomic E-state index is 12.2. The second-order valence-corrected chi connectivity index (χ2v) is 5.20. The maximum Gasteiger partial charge on any atom is 0.307 e. The van der Waals surface area contributed by atoms with E-state index in [1.165, 1.54) is 0 Å². The van der Waals surface area contributed by atoms with Gasteiger partial charge in [0.05, 0.1) is 11.8 Å². The van der Waals surface area contributed by atoms with E-state index in [9.17, 15) is 9.59 Å². The number of carbonyl (C=O) groups is 2. The summed E-state index contributed by atoms with van der Waals surface area (Å²) in [5.41, 5.74) is 1.80. The molecule has 108 valence electrons. The number of amides is 1. The van der Waals surface area contributed by atoms with Crippen LogP contribution in [0.1, 0.15) is 24.8 Å². The number of carboxylic acid groups (broad SMARTS) is 1. The van der Waals surface area contributed by atoms with Crippen molar-refractivity contribution >= 4 is 17.6 Å². The average molecular weight is 276 g/mol. The molecule has 0 spiro atoms. The normalized spacial score (nSPS) is 21.6. The minimum atomic E-state index is -0.869. The van der Waals surface area contributed by atoms with Crippen molar-refractivity contribution in [2.24, 2.45) is 11.8 Å². The van der Waals surface area contributed by atoms with Gasteiger partial charge in [0.15, 0.2) is 0 Å². The summed E-state index contributed by atoms with van der Waals surface area (Å²) in [5.74, 6) is -2.01. The summed E-state index contributed by atoms with van der Waals surface area (Å²) < 4.78 is 0. The third-order valence-corrected chi connectivity index (χ3v) is 3.75. The summed E-state index contributed by atoms with van der Waals surface area (Å²) in [4.78, 5) is 23.3. The minimum absolute atomic E-state index is 0.184. The third kappa shape index (κ3) is 3.36. The van der Waals surface area contributed by atoms with Crippen LogP contribution in [-0.2, 0) is 16.1 Å². The topological polar surface area (TPSA) is 78.4 Å². The van der Waals surface area contributed by atoms with Crippen molar-refractivity contribution < 1.29 is 14.7 Å². The van der Waals surface area contributed by atoms with Gasteiger partial charge in [-0.1, -0.05) is 18.6 Å². The molecule has 1 fully saturated rings. The molecule has 1 aliphatic carbocycles. The highest BCUT2D eigenvalue weighted by molar-refractivity contribution is 5.95. The number of anilines is 1. The number of hydrogen-bond donors (Lipinski definition) is 3. The lowest BCUT2D eigenvalue weighted by atomic mass is 9.95. The van der Waals surface area contributed by atoms with Gasteiger partial charge in [-0.15, -0.1) is 0 Å². The van der Waals surface area contributed by atoms with Crippen molar-refractivity contribution in [3.05, 3.63) is 29.8 Å². The Hall–Kier alpha value is -1.88. The fourth-order valence-electron chi connectivity index (χ4n) is 2.77. The summed E-state index contributed by atoms with van der Waals surface area (Å²) in [7, 11) is 1.86. The Bertz CT molecular complexity index is 502. The first-order valence-corrected chi connectivity index (χ1v) is 6.89. The van der Waals surface area contributed by atoms with Gasteiger partial charge in [0.2, 0.25) is 5.91 Å². The van der Waals surface area contributed by atoms with Crippen LogP contribution in [-0.4, -0.2) is 24.0 Å². The summed E-state index contributed by atoms with van der Waals surface area (Å²) in [6.45, 7) is 0.727. The highest BCUT2D eigenvalue weighted by Gasteiger charge is 2.37.